The Hall–Kier alpha value is -3.61. The van der Waals surface area contributed by atoms with Gasteiger partial charge in [0.25, 0.3) is 5.91 Å². The summed E-state index contributed by atoms with van der Waals surface area (Å²) in [5, 5.41) is 13.8. The van der Waals surface area contributed by atoms with Gasteiger partial charge in [0, 0.05) is 44.6 Å². The van der Waals surface area contributed by atoms with Gasteiger partial charge in [-0.05, 0) is 41.8 Å². The van der Waals surface area contributed by atoms with Crippen molar-refractivity contribution in [2.75, 3.05) is 13.6 Å². The molecule has 0 fully saturated rings. The molecule has 0 saturated carbocycles. The van der Waals surface area contributed by atoms with E-state index in [1.165, 1.54) is 11.1 Å². The molecule has 1 amide bonds. The highest BCUT2D eigenvalue weighted by Gasteiger charge is 2.06. The monoisotopic (exact) mass is 404 g/mol. The summed E-state index contributed by atoms with van der Waals surface area (Å²) < 4.78 is 1.91. The van der Waals surface area contributed by atoms with Crippen LogP contribution in [0, 0.1) is 0 Å². The largest absolute Gasteiger partial charge is 0.352 e. The number of hydrogen-bond acceptors (Lipinski definition) is 3. The number of aromatic nitrogens is 2. The van der Waals surface area contributed by atoms with E-state index in [-0.39, 0.29) is 5.91 Å². The summed E-state index contributed by atoms with van der Waals surface area (Å²) in [6.45, 7) is 4.53. The predicted molar refractivity (Wildman–Crippen MR) is 119 cm³/mol. The van der Waals surface area contributed by atoms with Crippen molar-refractivity contribution in [3.63, 3.8) is 0 Å². The summed E-state index contributed by atoms with van der Waals surface area (Å²) in [6, 6.07) is 17.8. The van der Waals surface area contributed by atoms with Crippen LogP contribution in [0.2, 0.25) is 0 Å². The van der Waals surface area contributed by atoms with Gasteiger partial charge in [-0.2, -0.15) is 5.10 Å². The van der Waals surface area contributed by atoms with Crippen LogP contribution in [0.15, 0.2) is 72.0 Å². The third-order valence-corrected chi connectivity index (χ3v) is 4.69. The van der Waals surface area contributed by atoms with Gasteiger partial charge in [-0.1, -0.05) is 36.4 Å². The van der Waals surface area contributed by atoms with Crippen LogP contribution < -0.4 is 16.0 Å². The molecule has 3 N–H and O–H groups in total. The molecule has 0 unspecified atom stereocenters. The van der Waals surface area contributed by atoms with Crippen LogP contribution in [0.3, 0.4) is 0 Å². The maximum atomic E-state index is 11.9. The Balaban J connectivity index is 1.54. The number of carbonyl (C=O) groups is 1. The molecule has 7 nitrogen and oxygen atoms in total. The highest BCUT2D eigenvalue weighted by atomic mass is 16.1. The van der Waals surface area contributed by atoms with E-state index in [2.05, 4.69) is 38.2 Å². The summed E-state index contributed by atoms with van der Waals surface area (Å²) in [7, 11) is 1.75. The van der Waals surface area contributed by atoms with Gasteiger partial charge in [0.15, 0.2) is 5.96 Å². The molecule has 3 aromatic rings. The van der Waals surface area contributed by atoms with E-state index in [4.69, 9.17) is 0 Å². The number of benzene rings is 2. The normalized spacial score (nSPS) is 11.2. The zero-order chi connectivity index (χ0) is 21.2. The molecule has 1 aromatic heterocycles. The third kappa shape index (κ3) is 5.94. The van der Waals surface area contributed by atoms with Crippen molar-refractivity contribution in [3.8, 4) is 0 Å². The van der Waals surface area contributed by atoms with E-state index in [0.29, 0.717) is 25.2 Å². The SMILES string of the molecule is CCNC(=O)c1ccc(CNC(=NC)NCc2ccccc2Cn2cccn2)cc1. The second-order valence-corrected chi connectivity index (χ2v) is 6.81. The van der Waals surface area contributed by atoms with Gasteiger partial charge in [-0.3, -0.25) is 14.5 Å². The molecule has 7 heteroatoms. The average Bonchev–Trinajstić information content (AvgIpc) is 3.28. The van der Waals surface area contributed by atoms with Crippen LogP contribution in [0.25, 0.3) is 0 Å². The Morgan fingerprint density at radius 1 is 0.967 bits per heavy atom. The molecule has 1 heterocycles. The van der Waals surface area contributed by atoms with Crippen molar-refractivity contribution < 1.29 is 4.79 Å². The van der Waals surface area contributed by atoms with Crippen LogP contribution in [0.1, 0.15) is 34.0 Å². The molecule has 2 aromatic carbocycles. The molecule has 0 radical (unpaired) electrons. The fourth-order valence-corrected chi connectivity index (χ4v) is 3.07. The Bertz CT molecular complexity index is 964. The molecule has 0 spiro atoms. The van der Waals surface area contributed by atoms with Crippen LogP contribution in [-0.2, 0) is 19.6 Å². The molecular weight excluding hydrogens is 376 g/mol. The minimum Gasteiger partial charge on any atom is -0.352 e. The Morgan fingerprint density at radius 2 is 1.70 bits per heavy atom. The topological polar surface area (TPSA) is 83.3 Å². The van der Waals surface area contributed by atoms with Gasteiger partial charge < -0.3 is 16.0 Å². The number of nitrogens with zero attached hydrogens (tertiary/aromatic N) is 3. The van der Waals surface area contributed by atoms with Gasteiger partial charge in [-0.25, -0.2) is 0 Å². The lowest BCUT2D eigenvalue weighted by Gasteiger charge is -2.14. The van der Waals surface area contributed by atoms with E-state index >= 15 is 0 Å². The van der Waals surface area contributed by atoms with E-state index in [1.54, 1.807) is 13.2 Å². The van der Waals surface area contributed by atoms with E-state index < -0.39 is 0 Å². The molecule has 30 heavy (non-hydrogen) atoms. The summed E-state index contributed by atoms with van der Waals surface area (Å²) in [4.78, 5) is 16.2. The molecule has 0 aliphatic heterocycles. The first-order valence-corrected chi connectivity index (χ1v) is 10.1. The molecule has 0 atom stereocenters. The number of guanidine groups is 1. The number of aliphatic imine (C=N–C) groups is 1. The van der Waals surface area contributed by atoms with Crippen molar-refractivity contribution in [3.05, 3.63) is 89.2 Å². The average molecular weight is 405 g/mol. The highest BCUT2D eigenvalue weighted by molar-refractivity contribution is 5.94. The van der Waals surface area contributed by atoms with Gasteiger partial charge in [0.1, 0.15) is 0 Å². The zero-order valence-corrected chi connectivity index (χ0v) is 17.4. The van der Waals surface area contributed by atoms with E-state index in [9.17, 15) is 4.79 Å². The molecule has 156 valence electrons. The molecule has 0 bridgehead atoms. The summed E-state index contributed by atoms with van der Waals surface area (Å²) >= 11 is 0. The first-order valence-electron chi connectivity index (χ1n) is 10.1. The third-order valence-electron chi connectivity index (χ3n) is 4.69. The maximum Gasteiger partial charge on any atom is 0.251 e. The second-order valence-electron chi connectivity index (χ2n) is 6.81. The Morgan fingerprint density at radius 3 is 2.37 bits per heavy atom. The summed E-state index contributed by atoms with van der Waals surface area (Å²) in [5.41, 5.74) is 4.15. The lowest BCUT2D eigenvalue weighted by Crippen LogP contribution is -2.36. The van der Waals surface area contributed by atoms with Crippen molar-refractivity contribution >= 4 is 11.9 Å². The van der Waals surface area contributed by atoms with Gasteiger partial charge >= 0.3 is 0 Å². The van der Waals surface area contributed by atoms with Crippen molar-refractivity contribution in [1.82, 2.24) is 25.7 Å². The van der Waals surface area contributed by atoms with Gasteiger partial charge in [-0.15, -0.1) is 0 Å². The van der Waals surface area contributed by atoms with Crippen molar-refractivity contribution in [1.29, 1.82) is 0 Å². The lowest BCUT2D eigenvalue weighted by molar-refractivity contribution is 0.0956. The van der Waals surface area contributed by atoms with Crippen LogP contribution in [0.5, 0.6) is 0 Å². The Kier molecular flexibility index (Phi) is 7.60. The smallest absolute Gasteiger partial charge is 0.251 e. The van der Waals surface area contributed by atoms with Gasteiger partial charge in [0.05, 0.1) is 6.54 Å². The predicted octanol–water partition coefficient (Wildman–Crippen LogP) is 2.55. The fraction of sp³-hybridized carbons (Fsp3) is 0.261. The molecule has 3 rings (SSSR count). The number of carbonyl (C=O) groups excluding carboxylic acids is 1. The zero-order valence-electron chi connectivity index (χ0n) is 17.4. The van der Waals surface area contributed by atoms with Crippen LogP contribution in [-0.4, -0.2) is 35.2 Å². The van der Waals surface area contributed by atoms with Crippen LogP contribution >= 0.6 is 0 Å². The van der Waals surface area contributed by atoms with E-state index in [0.717, 1.165) is 18.1 Å². The fourth-order valence-electron chi connectivity index (χ4n) is 3.07. The van der Waals surface area contributed by atoms with E-state index in [1.807, 2.05) is 60.3 Å². The minimum absolute atomic E-state index is 0.0525. The van der Waals surface area contributed by atoms with Crippen molar-refractivity contribution in [2.45, 2.75) is 26.6 Å². The number of rotatable bonds is 8. The standard InChI is InChI=1S/C23H28N6O/c1-3-25-22(30)19-11-9-18(10-12-19)15-26-23(24-2)27-16-20-7-4-5-8-21(20)17-29-14-6-13-28-29/h4-14H,3,15-17H2,1-2H3,(H,25,30)(H2,24,26,27). The second kappa shape index (κ2) is 10.8. The number of nitrogens with one attached hydrogen (secondary N) is 3. The first-order chi connectivity index (χ1) is 14.7. The number of hydrogen-bond donors (Lipinski definition) is 3. The summed E-state index contributed by atoms with van der Waals surface area (Å²) in [6.07, 6.45) is 3.75. The molecular formula is C23H28N6O. The highest BCUT2D eigenvalue weighted by Crippen LogP contribution is 2.10. The Labute approximate surface area is 177 Å². The van der Waals surface area contributed by atoms with Crippen molar-refractivity contribution in [2.24, 2.45) is 4.99 Å². The minimum atomic E-state index is -0.0525. The van der Waals surface area contributed by atoms with Crippen LogP contribution in [0.4, 0.5) is 0 Å². The molecule has 0 aliphatic rings. The summed E-state index contributed by atoms with van der Waals surface area (Å²) in [5.74, 6) is 0.667. The first kappa shape index (κ1) is 21.1. The molecule has 0 aliphatic carbocycles. The van der Waals surface area contributed by atoms with Gasteiger partial charge in [0.2, 0.25) is 0 Å². The lowest BCUT2D eigenvalue weighted by atomic mass is 10.1. The molecule has 0 saturated heterocycles. The maximum absolute atomic E-state index is 11.9. The number of amides is 1. The quantitative estimate of drug-likeness (QED) is 0.398.